The molecule has 2 rings (SSSR count). The summed E-state index contributed by atoms with van der Waals surface area (Å²) in [4.78, 5) is 0. The lowest BCUT2D eigenvalue weighted by Gasteiger charge is -2.15. The Labute approximate surface area is 126 Å². The van der Waals surface area contributed by atoms with E-state index in [1.807, 2.05) is 18.2 Å². The van der Waals surface area contributed by atoms with Crippen molar-refractivity contribution in [2.24, 2.45) is 5.92 Å². The van der Waals surface area contributed by atoms with E-state index in [2.05, 4.69) is 10.6 Å². The molecule has 0 amide bonds. The van der Waals surface area contributed by atoms with Crippen LogP contribution in [0, 0.1) is 5.92 Å². The van der Waals surface area contributed by atoms with Gasteiger partial charge in [0.25, 0.3) is 0 Å². The Morgan fingerprint density at radius 2 is 2.00 bits per heavy atom. The van der Waals surface area contributed by atoms with Gasteiger partial charge in [-0.3, -0.25) is 0 Å². The minimum atomic E-state index is -0.238. The highest BCUT2D eigenvalue weighted by atomic mass is 35.5. The lowest BCUT2D eigenvalue weighted by Crippen LogP contribution is -2.30. The summed E-state index contributed by atoms with van der Waals surface area (Å²) in [5.74, 6) is 1.77. The predicted octanol–water partition coefficient (Wildman–Crippen LogP) is 0.795. The molecule has 1 saturated heterocycles. The fraction of sp³-hybridized carbons (Fsp3) is 0.571. The van der Waals surface area contributed by atoms with Gasteiger partial charge in [-0.25, -0.2) is 0 Å². The molecule has 114 valence electrons. The molecule has 2 atom stereocenters. The molecular formula is C14H23ClN2O3. The third-order valence-electron chi connectivity index (χ3n) is 3.49. The fourth-order valence-electron chi connectivity index (χ4n) is 2.32. The maximum Gasteiger partial charge on any atom is 0.161 e. The first-order valence-corrected chi connectivity index (χ1v) is 6.55. The number of hydrogen-bond acceptors (Lipinski definition) is 5. The molecule has 1 aliphatic rings. The Morgan fingerprint density at radius 3 is 2.60 bits per heavy atom. The zero-order valence-corrected chi connectivity index (χ0v) is 12.7. The van der Waals surface area contributed by atoms with Crippen LogP contribution in [0.15, 0.2) is 18.2 Å². The second kappa shape index (κ2) is 8.32. The molecule has 0 saturated carbocycles. The molecular weight excluding hydrogens is 280 g/mol. The van der Waals surface area contributed by atoms with Crippen molar-refractivity contribution in [2.45, 2.75) is 12.6 Å². The Hall–Kier alpha value is -1.01. The minimum Gasteiger partial charge on any atom is -0.493 e. The summed E-state index contributed by atoms with van der Waals surface area (Å²) in [5.41, 5.74) is 1.14. The van der Waals surface area contributed by atoms with Crippen molar-refractivity contribution in [3.05, 3.63) is 23.8 Å². The zero-order valence-electron chi connectivity index (χ0n) is 11.9. The number of rotatable bonds is 6. The van der Waals surface area contributed by atoms with Crippen LogP contribution in [0.3, 0.4) is 0 Å². The monoisotopic (exact) mass is 302 g/mol. The molecule has 1 aliphatic heterocycles. The van der Waals surface area contributed by atoms with Crippen molar-refractivity contribution in [3.63, 3.8) is 0 Å². The molecule has 20 heavy (non-hydrogen) atoms. The number of methoxy groups -OCH3 is 2. The third kappa shape index (κ3) is 4.24. The molecule has 0 aliphatic carbocycles. The van der Waals surface area contributed by atoms with Crippen LogP contribution >= 0.6 is 12.4 Å². The summed E-state index contributed by atoms with van der Waals surface area (Å²) in [6, 6.07) is 5.88. The second-order valence-electron chi connectivity index (χ2n) is 4.81. The maximum absolute atomic E-state index is 9.70. The van der Waals surface area contributed by atoms with E-state index < -0.39 is 0 Å². The van der Waals surface area contributed by atoms with Crippen molar-refractivity contribution in [1.82, 2.24) is 10.6 Å². The van der Waals surface area contributed by atoms with Gasteiger partial charge in [-0.15, -0.1) is 12.4 Å². The fourth-order valence-corrected chi connectivity index (χ4v) is 2.32. The van der Waals surface area contributed by atoms with E-state index in [1.54, 1.807) is 14.2 Å². The van der Waals surface area contributed by atoms with E-state index in [-0.39, 0.29) is 18.5 Å². The number of aliphatic hydroxyl groups excluding tert-OH is 1. The lowest BCUT2D eigenvalue weighted by atomic mass is 10.1. The van der Waals surface area contributed by atoms with Crippen LogP contribution in [0.5, 0.6) is 11.5 Å². The van der Waals surface area contributed by atoms with Crippen LogP contribution in [0.4, 0.5) is 0 Å². The Morgan fingerprint density at radius 1 is 1.25 bits per heavy atom. The molecule has 0 spiro atoms. The Kier molecular flexibility index (Phi) is 7.09. The molecule has 3 N–H and O–H groups in total. The van der Waals surface area contributed by atoms with Crippen LogP contribution in [-0.4, -0.2) is 45.1 Å². The van der Waals surface area contributed by atoms with Crippen LogP contribution in [0.25, 0.3) is 0 Å². The molecule has 1 heterocycles. The van der Waals surface area contributed by atoms with Gasteiger partial charge in [0, 0.05) is 32.1 Å². The van der Waals surface area contributed by atoms with Gasteiger partial charge >= 0.3 is 0 Å². The van der Waals surface area contributed by atoms with Crippen molar-refractivity contribution >= 4 is 12.4 Å². The second-order valence-corrected chi connectivity index (χ2v) is 4.81. The van der Waals surface area contributed by atoms with Gasteiger partial charge in [0.05, 0.1) is 20.3 Å². The van der Waals surface area contributed by atoms with Crippen molar-refractivity contribution in [3.8, 4) is 11.5 Å². The van der Waals surface area contributed by atoms with Crippen LogP contribution in [-0.2, 0) is 6.54 Å². The van der Waals surface area contributed by atoms with E-state index in [0.29, 0.717) is 12.5 Å². The first kappa shape index (κ1) is 17.0. The van der Waals surface area contributed by atoms with Gasteiger partial charge in [0.1, 0.15) is 0 Å². The number of ether oxygens (including phenoxy) is 2. The van der Waals surface area contributed by atoms with Crippen molar-refractivity contribution in [1.29, 1.82) is 0 Å². The van der Waals surface area contributed by atoms with Gasteiger partial charge in [-0.1, -0.05) is 6.07 Å². The Balaban J connectivity index is 0.00000200. The predicted molar refractivity (Wildman–Crippen MR) is 80.9 cm³/mol. The summed E-state index contributed by atoms with van der Waals surface area (Å²) in [6.07, 6.45) is -0.238. The van der Waals surface area contributed by atoms with E-state index in [1.165, 1.54) is 0 Å². The number of nitrogens with one attached hydrogen (secondary N) is 2. The maximum atomic E-state index is 9.70. The van der Waals surface area contributed by atoms with Gasteiger partial charge in [-0.2, -0.15) is 0 Å². The third-order valence-corrected chi connectivity index (χ3v) is 3.49. The number of β-amino-alcohol motifs (C(OH)–C–C–N with tert-alkyl or cyclic N) is 1. The highest BCUT2D eigenvalue weighted by Gasteiger charge is 2.23. The van der Waals surface area contributed by atoms with Crippen LogP contribution in [0.2, 0.25) is 0 Å². The summed E-state index contributed by atoms with van der Waals surface area (Å²) in [7, 11) is 3.26. The number of aliphatic hydroxyl groups is 1. The summed E-state index contributed by atoms with van der Waals surface area (Å²) >= 11 is 0. The highest BCUT2D eigenvalue weighted by Crippen LogP contribution is 2.27. The average molecular weight is 303 g/mol. The summed E-state index contributed by atoms with van der Waals surface area (Å²) < 4.78 is 10.5. The summed E-state index contributed by atoms with van der Waals surface area (Å²) in [6.45, 7) is 3.13. The number of benzene rings is 1. The van der Waals surface area contributed by atoms with Gasteiger partial charge in [-0.05, 0) is 17.7 Å². The average Bonchev–Trinajstić information content (AvgIpc) is 2.84. The minimum absolute atomic E-state index is 0. The number of hydrogen-bond donors (Lipinski definition) is 3. The standard InChI is InChI=1S/C14H22N2O3.ClH/c1-18-13-4-3-10(5-14(13)19-2)6-15-7-11-8-16-9-12(11)17;/h3-5,11-12,15-17H,6-9H2,1-2H3;1H. The Bertz CT molecular complexity index is 417. The van der Waals surface area contributed by atoms with Crippen LogP contribution in [0.1, 0.15) is 5.56 Å². The molecule has 5 nitrogen and oxygen atoms in total. The van der Waals surface area contributed by atoms with E-state index in [0.717, 1.165) is 36.7 Å². The SMILES string of the molecule is COc1ccc(CNCC2CNCC2O)cc1OC.Cl. The van der Waals surface area contributed by atoms with E-state index >= 15 is 0 Å². The largest absolute Gasteiger partial charge is 0.493 e. The summed E-state index contributed by atoms with van der Waals surface area (Å²) in [5, 5.41) is 16.2. The topological polar surface area (TPSA) is 62.8 Å². The van der Waals surface area contributed by atoms with E-state index in [9.17, 15) is 5.11 Å². The van der Waals surface area contributed by atoms with Crippen molar-refractivity contribution < 1.29 is 14.6 Å². The lowest BCUT2D eigenvalue weighted by molar-refractivity contribution is 0.146. The quantitative estimate of drug-likeness (QED) is 0.725. The first-order valence-electron chi connectivity index (χ1n) is 6.55. The molecule has 1 aromatic rings. The molecule has 0 radical (unpaired) electrons. The zero-order chi connectivity index (χ0) is 13.7. The smallest absolute Gasteiger partial charge is 0.161 e. The highest BCUT2D eigenvalue weighted by molar-refractivity contribution is 5.85. The molecule has 2 unspecified atom stereocenters. The van der Waals surface area contributed by atoms with Crippen LogP contribution < -0.4 is 20.1 Å². The molecule has 6 heteroatoms. The van der Waals surface area contributed by atoms with Gasteiger partial charge in [0.15, 0.2) is 11.5 Å². The molecule has 1 fully saturated rings. The first-order chi connectivity index (χ1) is 9.24. The number of halogens is 1. The normalized spacial score (nSPS) is 21.4. The molecule has 0 bridgehead atoms. The van der Waals surface area contributed by atoms with E-state index in [4.69, 9.17) is 9.47 Å². The molecule has 0 aromatic heterocycles. The van der Waals surface area contributed by atoms with Crippen molar-refractivity contribution in [2.75, 3.05) is 33.9 Å². The molecule has 1 aromatic carbocycles. The van der Waals surface area contributed by atoms with Gasteiger partial charge in [0.2, 0.25) is 0 Å². The van der Waals surface area contributed by atoms with Gasteiger partial charge < -0.3 is 25.2 Å².